The topological polar surface area (TPSA) is 95.6 Å². The molecule has 29 heavy (non-hydrogen) atoms. The normalized spacial score (nSPS) is 20.8. The van der Waals surface area contributed by atoms with Crippen LogP contribution in [0.1, 0.15) is 47.1 Å². The average molecular weight is 388 g/mol. The van der Waals surface area contributed by atoms with Crippen LogP contribution in [0.4, 0.5) is 5.88 Å². The van der Waals surface area contributed by atoms with Gasteiger partial charge in [0.2, 0.25) is 5.88 Å². The highest BCUT2D eigenvalue weighted by molar-refractivity contribution is 6.01. The Morgan fingerprint density at radius 3 is 2.59 bits per heavy atom. The number of hydrogen-bond acceptors (Lipinski definition) is 6. The Kier molecular flexibility index (Phi) is 3.94. The van der Waals surface area contributed by atoms with Crippen molar-refractivity contribution in [3.63, 3.8) is 0 Å². The van der Waals surface area contributed by atoms with Crippen molar-refractivity contribution < 1.29 is 19.5 Å². The molecule has 0 fully saturated rings. The zero-order valence-electron chi connectivity index (χ0n) is 15.8. The van der Waals surface area contributed by atoms with Crippen LogP contribution in [0.15, 0.2) is 64.3 Å². The summed E-state index contributed by atoms with van der Waals surface area (Å²) in [7, 11) is 0. The number of aromatic hydroxyl groups is 2. The Hall–Kier alpha value is -3.54. The number of fused-ring (bicyclic) bond motifs is 1. The number of carbonyl (C=O) groups excluding carboxylic acids is 1. The highest BCUT2D eigenvalue weighted by atomic mass is 16.5. The summed E-state index contributed by atoms with van der Waals surface area (Å²) in [6.45, 7) is 1.84. The lowest BCUT2D eigenvalue weighted by atomic mass is 9.72. The Morgan fingerprint density at radius 1 is 1.03 bits per heavy atom. The Labute approximate surface area is 167 Å². The van der Waals surface area contributed by atoms with E-state index in [2.05, 4.69) is 10.5 Å². The molecule has 146 valence electrons. The van der Waals surface area contributed by atoms with Gasteiger partial charge in [0, 0.05) is 23.6 Å². The minimum absolute atomic E-state index is 0.0661. The van der Waals surface area contributed by atoms with E-state index in [-0.39, 0.29) is 23.2 Å². The van der Waals surface area contributed by atoms with E-state index in [4.69, 9.17) is 4.52 Å². The summed E-state index contributed by atoms with van der Waals surface area (Å²) in [5.74, 6) is -0.128. The highest BCUT2D eigenvalue weighted by Crippen LogP contribution is 2.49. The molecular formula is C23H20N2O4. The summed E-state index contributed by atoms with van der Waals surface area (Å²) in [5.41, 5.74) is 4.84. The van der Waals surface area contributed by atoms with Gasteiger partial charge in [-0.3, -0.25) is 4.79 Å². The molecule has 3 aromatic rings. The molecule has 2 heterocycles. The fraction of sp³-hybridized carbons (Fsp3) is 0.217. The number of phenolic OH excluding ortho intramolecular Hbond substituents is 2. The van der Waals surface area contributed by atoms with Crippen molar-refractivity contribution in [2.75, 3.05) is 5.32 Å². The lowest BCUT2D eigenvalue weighted by molar-refractivity contribution is -0.116. The molecule has 0 saturated heterocycles. The molecule has 0 amide bonds. The van der Waals surface area contributed by atoms with E-state index in [1.807, 2.05) is 37.3 Å². The van der Waals surface area contributed by atoms with Crippen LogP contribution in [0, 0.1) is 6.92 Å². The number of aromatic nitrogens is 1. The van der Waals surface area contributed by atoms with Crippen LogP contribution in [0.5, 0.6) is 11.5 Å². The van der Waals surface area contributed by atoms with Crippen LogP contribution >= 0.6 is 0 Å². The quantitative estimate of drug-likeness (QED) is 0.565. The highest BCUT2D eigenvalue weighted by Gasteiger charge is 2.41. The van der Waals surface area contributed by atoms with Gasteiger partial charge in [-0.2, -0.15) is 0 Å². The van der Waals surface area contributed by atoms with Crippen molar-refractivity contribution in [1.82, 2.24) is 5.16 Å². The number of anilines is 1. The molecule has 1 aliphatic carbocycles. The summed E-state index contributed by atoms with van der Waals surface area (Å²) in [5, 5.41) is 27.2. The molecule has 6 heteroatoms. The van der Waals surface area contributed by atoms with Gasteiger partial charge in [-0.1, -0.05) is 41.6 Å². The van der Waals surface area contributed by atoms with Crippen molar-refractivity contribution in [1.29, 1.82) is 0 Å². The SMILES string of the molecule is Cc1noc2c1[C@H](c1ccc(O)c(O)c1)C1=C(C[C@H](c3ccccc3)CC1=O)N2. The number of nitrogens with zero attached hydrogens (tertiary/aromatic N) is 1. The van der Waals surface area contributed by atoms with Crippen molar-refractivity contribution >= 4 is 11.7 Å². The van der Waals surface area contributed by atoms with E-state index in [9.17, 15) is 15.0 Å². The van der Waals surface area contributed by atoms with Gasteiger partial charge in [0.15, 0.2) is 17.3 Å². The van der Waals surface area contributed by atoms with Gasteiger partial charge in [-0.15, -0.1) is 0 Å². The maximum atomic E-state index is 13.3. The van der Waals surface area contributed by atoms with E-state index >= 15 is 0 Å². The van der Waals surface area contributed by atoms with Gasteiger partial charge < -0.3 is 20.1 Å². The van der Waals surface area contributed by atoms with Crippen LogP contribution in [-0.2, 0) is 4.79 Å². The first-order chi connectivity index (χ1) is 14.0. The van der Waals surface area contributed by atoms with E-state index in [0.29, 0.717) is 35.6 Å². The van der Waals surface area contributed by atoms with Crippen molar-refractivity contribution in [3.8, 4) is 11.5 Å². The van der Waals surface area contributed by atoms with Crippen LogP contribution in [-0.4, -0.2) is 21.2 Å². The standard InChI is InChI=1S/C23H20N2O4/c1-12-20-21(14-7-8-17(26)18(27)10-14)22-16(24-23(20)29-25-12)9-15(11-19(22)28)13-5-3-2-4-6-13/h2-8,10,15,21,24,26-27H,9,11H2,1H3/t15-,21-/m0/s1. The van der Waals surface area contributed by atoms with Crippen LogP contribution < -0.4 is 5.32 Å². The Morgan fingerprint density at radius 2 is 1.83 bits per heavy atom. The predicted octanol–water partition coefficient (Wildman–Crippen LogP) is 4.35. The van der Waals surface area contributed by atoms with E-state index in [0.717, 1.165) is 16.8 Å². The summed E-state index contributed by atoms with van der Waals surface area (Å²) >= 11 is 0. The lowest BCUT2D eigenvalue weighted by Gasteiger charge is -2.34. The van der Waals surface area contributed by atoms with Gasteiger partial charge in [0.25, 0.3) is 0 Å². The van der Waals surface area contributed by atoms with Gasteiger partial charge in [-0.25, -0.2) is 0 Å². The molecule has 0 saturated carbocycles. The number of phenols is 2. The maximum Gasteiger partial charge on any atom is 0.233 e. The molecule has 2 aromatic carbocycles. The first-order valence-corrected chi connectivity index (χ1v) is 9.59. The third-order valence-corrected chi connectivity index (χ3v) is 5.86. The molecule has 3 N–H and O–H groups in total. The number of hydrogen-bond donors (Lipinski definition) is 3. The molecule has 0 unspecified atom stereocenters. The number of ketones is 1. The largest absolute Gasteiger partial charge is 0.504 e. The second-order valence-electron chi connectivity index (χ2n) is 7.65. The number of rotatable bonds is 2. The van der Waals surface area contributed by atoms with Gasteiger partial charge in [-0.05, 0) is 42.5 Å². The molecule has 1 aromatic heterocycles. The predicted molar refractivity (Wildman–Crippen MR) is 107 cm³/mol. The van der Waals surface area contributed by atoms with Crippen LogP contribution in [0.25, 0.3) is 0 Å². The van der Waals surface area contributed by atoms with Gasteiger partial charge >= 0.3 is 0 Å². The molecule has 2 aliphatic rings. The molecule has 1 aliphatic heterocycles. The third-order valence-electron chi connectivity index (χ3n) is 5.86. The molecule has 5 rings (SSSR count). The monoisotopic (exact) mass is 388 g/mol. The number of aryl methyl sites for hydroxylation is 1. The number of allylic oxidation sites excluding steroid dienone is 2. The Balaban J connectivity index is 1.64. The molecule has 0 radical (unpaired) electrons. The number of nitrogens with one attached hydrogen (secondary N) is 1. The average Bonchev–Trinajstić information content (AvgIpc) is 3.09. The van der Waals surface area contributed by atoms with E-state index in [1.54, 1.807) is 6.07 Å². The summed E-state index contributed by atoms with van der Waals surface area (Å²) < 4.78 is 5.50. The van der Waals surface area contributed by atoms with Crippen molar-refractivity contribution in [3.05, 3.63) is 82.2 Å². The fourth-order valence-corrected chi connectivity index (χ4v) is 4.49. The van der Waals surface area contributed by atoms with Crippen LogP contribution in [0.2, 0.25) is 0 Å². The lowest BCUT2D eigenvalue weighted by Crippen LogP contribution is -2.29. The minimum atomic E-state index is -0.400. The molecule has 0 bridgehead atoms. The number of Topliss-reactive ketones (excluding diaryl/α,β-unsaturated/α-hetero) is 1. The second-order valence-corrected chi connectivity index (χ2v) is 7.65. The maximum absolute atomic E-state index is 13.3. The summed E-state index contributed by atoms with van der Waals surface area (Å²) in [6, 6.07) is 14.7. The number of carbonyl (C=O) groups is 1. The smallest absolute Gasteiger partial charge is 0.233 e. The third kappa shape index (κ3) is 2.79. The fourth-order valence-electron chi connectivity index (χ4n) is 4.49. The zero-order valence-corrected chi connectivity index (χ0v) is 15.8. The molecular weight excluding hydrogens is 368 g/mol. The molecule has 6 nitrogen and oxygen atoms in total. The zero-order chi connectivity index (χ0) is 20.1. The minimum Gasteiger partial charge on any atom is -0.504 e. The van der Waals surface area contributed by atoms with Crippen molar-refractivity contribution in [2.45, 2.75) is 31.6 Å². The van der Waals surface area contributed by atoms with Crippen molar-refractivity contribution in [2.24, 2.45) is 0 Å². The van der Waals surface area contributed by atoms with Gasteiger partial charge in [0.05, 0.1) is 11.3 Å². The first kappa shape index (κ1) is 17.6. The summed E-state index contributed by atoms with van der Waals surface area (Å²) in [4.78, 5) is 13.3. The molecule has 2 atom stereocenters. The summed E-state index contributed by atoms with van der Waals surface area (Å²) in [6.07, 6.45) is 1.11. The van der Waals surface area contributed by atoms with E-state index < -0.39 is 5.92 Å². The first-order valence-electron chi connectivity index (χ1n) is 9.59. The molecule has 0 spiro atoms. The van der Waals surface area contributed by atoms with Crippen LogP contribution in [0.3, 0.4) is 0 Å². The Bertz CT molecular complexity index is 1150. The number of benzene rings is 2. The van der Waals surface area contributed by atoms with E-state index in [1.165, 1.54) is 12.1 Å². The van der Waals surface area contributed by atoms with Gasteiger partial charge in [0.1, 0.15) is 0 Å². The second kappa shape index (κ2) is 6.51.